The number of nitrogens with zero attached hydrogens (tertiary/aromatic N) is 7. The van der Waals surface area contributed by atoms with Gasteiger partial charge in [0.2, 0.25) is 5.91 Å². The highest BCUT2D eigenvalue weighted by atomic mass is 19.1. The Morgan fingerprint density at radius 1 is 1.20 bits per heavy atom. The van der Waals surface area contributed by atoms with Crippen LogP contribution < -0.4 is 0 Å². The van der Waals surface area contributed by atoms with Crippen molar-refractivity contribution in [3.8, 4) is 0 Å². The maximum atomic E-state index is 13.2. The van der Waals surface area contributed by atoms with E-state index in [2.05, 4.69) is 56.3 Å². The van der Waals surface area contributed by atoms with Crippen LogP contribution in [0.4, 0.5) is 4.39 Å². The van der Waals surface area contributed by atoms with Crippen LogP contribution in [0.15, 0.2) is 48.8 Å². The third-order valence-electron chi connectivity index (χ3n) is 7.14. The van der Waals surface area contributed by atoms with Crippen molar-refractivity contribution >= 4 is 22.9 Å². The summed E-state index contributed by atoms with van der Waals surface area (Å²) in [7, 11) is 0. The Morgan fingerprint density at radius 3 is 2.91 bits per heavy atom. The number of piperidine rings is 1. The average molecular weight is 472 g/mol. The first kappa shape index (κ1) is 21.6. The average Bonchev–Trinajstić information content (AvgIpc) is 3.60. The van der Waals surface area contributed by atoms with Crippen LogP contribution in [-0.4, -0.2) is 53.7 Å². The summed E-state index contributed by atoms with van der Waals surface area (Å²) in [4.78, 5) is 21.0. The Balaban J connectivity index is 1.17. The van der Waals surface area contributed by atoms with Crippen LogP contribution in [0.5, 0.6) is 0 Å². The van der Waals surface area contributed by atoms with Gasteiger partial charge in [-0.3, -0.25) is 9.78 Å². The molecule has 4 heterocycles. The van der Waals surface area contributed by atoms with Gasteiger partial charge in [0.25, 0.3) is 0 Å². The number of aromatic nitrogens is 6. The van der Waals surface area contributed by atoms with Crippen molar-refractivity contribution in [1.29, 1.82) is 0 Å². The van der Waals surface area contributed by atoms with E-state index in [1.165, 1.54) is 28.0 Å². The van der Waals surface area contributed by atoms with E-state index < -0.39 is 0 Å². The summed E-state index contributed by atoms with van der Waals surface area (Å²) in [6.45, 7) is 3.66. The van der Waals surface area contributed by atoms with Crippen LogP contribution >= 0.6 is 0 Å². The van der Waals surface area contributed by atoms with Crippen molar-refractivity contribution in [1.82, 2.24) is 34.7 Å². The molecule has 4 aromatic rings. The van der Waals surface area contributed by atoms with E-state index in [1.54, 1.807) is 12.1 Å². The number of hydrogen-bond acceptors (Lipinski definition) is 5. The van der Waals surface area contributed by atoms with E-state index in [9.17, 15) is 9.18 Å². The van der Waals surface area contributed by atoms with Gasteiger partial charge in [0.1, 0.15) is 12.4 Å². The second kappa shape index (κ2) is 8.72. The summed E-state index contributed by atoms with van der Waals surface area (Å²) in [6, 6.07) is 8.51. The van der Waals surface area contributed by atoms with E-state index in [4.69, 9.17) is 0 Å². The minimum absolute atomic E-state index is 0.0177. The number of carbonyl (C=O) groups is 1. The molecule has 1 saturated heterocycles. The molecule has 2 atom stereocenters. The standard InChI is InChI=1S/C26H26FN7O/c1-17-9-11-32(15-23(17)33-12-10-19-14-28-22-4-2-3-21(22)26(19)33)25(35)16-34-30-24(29-31-34)13-18-5-7-20(27)8-6-18/h2-3,5-8,10,12,14,17,23H,4,9,11,13,15-16H2,1H3/t17-,23+/m1/s1. The van der Waals surface area contributed by atoms with Gasteiger partial charge in [-0.05, 0) is 41.3 Å². The van der Waals surface area contributed by atoms with E-state index in [0.29, 0.717) is 31.3 Å². The molecule has 1 aromatic carbocycles. The zero-order valence-electron chi connectivity index (χ0n) is 19.5. The number of rotatable bonds is 5. The molecule has 0 bridgehead atoms. The number of benzene rings is 1. The van der Waals surface area contributed by atoms with Crippen LogP contribution in [-0.2, 0) is 24.2 Å². The van der Waals surface area contributed by atoms with Gasteiger partial charge >= 0.3 is 0 Å². The lowest BCUT2D eigenvalue weighted by Crippen LogP contribution is -2.45. The molecule has 2 aliphatic rings. The first-order chi connectivity index (χ1) is 17.0. The van der Waals surface area contributed by atoms with Gasteiger partial charge in [-0.15, -0.1) is 10.2 Å². The Bertz CT molecular complexity index is 1420. The monoisotopic (exact) mass is 471 g/mol. The van der Waals surface area contributed by atoms with Crippen LogP contribution in [0.1, 0.15) is 42.0 Å². The molecule has 0 saturated carbocycles. The number of halogens is 1. The third-order valence-corrected chi connectivity index (χ3v) is 7.14. The molecule has 9 heteroatoms. The number of carbonyl (C=O) groups excluding carboxylic acids is 1. The number of likely N-dealkylation sites (tertiary alicyclic amines) is 1. The van der Waals surface area contributed by atoms with Crippen LogP contribution in [0, 0.1) is 11.7 Å². The molecule has 0 spiro atoms. The highest BCUT2D eigenvalue weighted by Crippen LogP contribution is 2.35. The molecule has 1 fully saturated rings. The van der Waals surface area contributed by atoms with Gasteiger partial charge < -0.3 is 9.47 Å². The molecule has 1 amide bonds. The molecule has 35 heavy (non-hydrogen) atoms. The Kier molecular flexibility index (Phi) is 5.39. The fourth-order valence-electron chi connectivity index (χ4n) is 5.18. The minimum atomic E-state index is -0.282. The van der Waals surface area contributed by atoms with Crippen molar-refractivity contribution in [2.45, 2.75) is 38.8 Å². The predicted molar refractivity (Wildman–Crippen MR) is 129 cm³/mol. The molecule has 0 radical (unpaired) electrons. The van der Waals surface area contributed by atoms with Gasteiger partial charge in [0.15, 0.2) is 5.82 Å². The predicted octanol–water partition coefficient (Wildman–Crippen LogP) is 3.43. The lowest BCUT2D eigenvalue weighted by molar-refractivity contribution is -0.134. The van der Waals surface area contributed by atoms with E-state index in [-0.39, 0.29) is 24.3 Å². The zero-order chi connectivity index (χ0) is 23.9. The minimum Gasteiger partial charge on any atom is -0.342 e. The fraction of sp³-hybridized carbons (Fsp3) is 0.346. The molecular weight excluding hydrogens is 445 g/mol. The quantitative estimate of drug-likeness (QED) is 0.446. The van der Waals surface area contributed by atoms with Crippen molar-refractivity contribution in [3.63, 3.8) is 0 Å². The summed E-state index contributed by atoms with van der Waals surface area (Å²) in [5.41, 5.74) is 4.41. The highest BCUT2D eigenvalue weighted by molar-refractivity contribution is 5.90. The highest BCUT2D eigenvalue weighted by Gasteiger charge is 2.31. The maximum Gasteiger partial charge on any atom is 0.246 e. The summed E-state index contributed by atoms with van der Waals surface area (Å²) >= 11 is 0. The fourth-order valence-corrected chi connectivity index (χ4v) is 5.18. The second-order valence-corrected chi connectivity index (χ2v) is 9.46. The van der Waals surface area contributed by atoms with Crippen LogP contribution in [0.25, 0.3) is 17.0 Å². The second-order valence-electron chi connectivity index (χ2n) is 9.46. The number of tetrazole rings is 1. The molecular formula is C26H26FN7O. The van der Waals surface area contributed by atoms with Gasteiger partial charge in [-0.1, -0.05) is 31.2 Å². The molecule has 8 nitrogen and oxygen atoms in total. The largest absolute Gasteiger partial charge is 0.342 e. The Morgan fingerprint density at radius 2 is 2.06 bits per heavy atom. The maximum absolute atomic E-state index is 13.2. The van der Waals surface area contributed by atoms with Crippen LogP contribution in [0.3, 0.4) is 0 Å². The van der Waals surface area contributed by atoms with Gasteiger partial charge in [-0.2, -0.15) is 4.80 Å². The van der Waals surface area contributed by atoms with Crippen LogP contribution in [0.2, 0.25) is 0 Å². The van der Waals surface area contributed by atoms with Gasteiger partial charge in [-0.25, -0.2) is 4.39 Å². The molecule has 6 rings (SSSR count). The van der Waals surface area contributed by atoms with Crippen molar-refractivity contribution in [3.05, 3.63) is 77.3 Å². The van der Waals surface area contributed by atoms with E-state index >= 15 is 0 Å². The molecule has 1 aliphatic heterocycles. The first-order valence-corrected chi connectivity index (χ1v) is 12.0. The zero-order valence-corrected chi connectivity index (χ0v) is 19.5. The molecule has 1 aliphatic carbocycles. The van der Waals surface area contributed by atoms with Gasteiger partial charge in [0, 0.05) is 49.3 Å². The molecule has 3 aromatic heterocycles. The lowest BCUT2D eigenvalue weighted by Gasteiger charge is -2.38. The summed E-state index contributed by atoms with van der Waals surface area (Å²) in [6.07, 6.45) is 10.6. The number of amides is 1. The summed E-state index contributed by atoms with van der Waals surface area (Å²) in [5, 5.41) is 13.6. The van der Waals surface area contributed by atoms with E-state index in [0.717, 1.165) is 29.5 Å². The number of allylic oxidation sites excluding steroid dienone is 1. The molecule has 0 unspecified atom stereocenters. The van der Waals surface area contributed by atoms with Crippen molar-refractivity contribution < 1.29 is 9.18 Å². The normalized spacial score (nSPS) is 19.4. The lowest BCUT2D eigenvalue weighted by atomic mass is 9.93. The third kappa shape index (κ3) is 4.11. The summed E-state index contributed by atoms with van der Waals surface area (Å²) < 4.78 is 15.5. The smallest absolute Gasteiger partial charge is 0.246 e. The van der Waals surface area contributed by atoms with Crippen molar-refractivity contribution in [2.75, 3.05) is 13.1 Å². The van der Waals surface area contributed by atoms with E-state index in [1.807, 2.05) is 11.1 Å². The molecule has 178 valence electrons. The summed E-state index contributed by atoms with van der Waals surface area (Å²) in [5.74, 6) is 0.644. The van der Waals surface area contributed by atoms with Gasteiger partial charge in [0.05, 0.1) is 17.3 Å². The number of hydrogen-bond donors (Lipinski definition) is 0. The molecule has 0 N–H and O–H groups in total. The Labute approximate surface area is 202 Å². The van der Waals surface area contributed by atoms with Crippen molar-refractivity contribution in [2.24, 2.45) is 5.92 Å². The number of pyridine rings is 1. The number of fused-ring (bicyclic) bond motifs is 3. The topological polar surface area (TPSA) is 81.7 Å². The SMILES string of the molecule is C[C@@H]1CCN(C(=O)Cn2nnc(Cc3ccc(F)cc3)n2)C[C@@H]1n1ccc2cnc3c(c21)C=CC3. The Hall–Kier alpha value is -3.88. The first-order valence-electron chi connectivity index (χ1n) is 12.0.